The smallest absolute Gasteiger partial charge is 0.340 e. The Morgan fingerprint density at radius 3 is 2.48 bits per heavy atom. The number of hydrogen-bond acceptors (Lipinski definition) is 4. The summed E-state index contributed by atoms with van der Waals surface area (Å²) in [6, 6.07) is 7.40. The predicted molar refractivity (Wildman–Crippen MR) is 83.9 cm³/mol. The van der Waals surface area contributed by atoms with Crippen LogP contribution in [0.4, 0.5) is 33.3 Å². The predicted octanol–water partition coefficient (Wildman–Crippen LogP) is 4.27. The highest BCUT2D eigenvalue weighted by atomic mass is 19.3. The molecular formula is C16H11F5N2O4. The molecule has 0 aromatic heterocycles. The molecule has 0 radical (unpaired) electrons. The molecule has 0 spiro atoms. The number of anilines is 1. The summed E-state index contributed by atoms with van der Waals surface area (Å²) in [6.45, 7) is -1.73. The number of ether oxygens (including phenoxy) is 1. The van der Waals surface area contributed by atoms with Gasteiger partial charge in [0.25, 0.3) is 11.6 Å². The number of nitrogens with zero attached hydrogens (tertiary/aromatic N) is 1. The Bertz CT molecular complexity index is 860. The maximum atomic E-state index is 13.6. The molecule has 2 aromatic rings. The molecule has 0 saturated carbocycles. The van der Waals surface area contributed by atoms with Gasteiger partial charge in [0.15, 0.2) is 6.61 Å². The fraction of sp³-hybridized carbons (Fsp3) is 0.188. The Kier molecular flexibility index (Phi) is 5.93. The van der Waals surface area contributed by atoms with Crippen molar-refractivity contribution in [1.82, 2.24) is 0 Å². The van der Waals surface area contributed by atoms with Crippen molar-refractivity contribution in [3.63, 3.8) is 0 Å². The standard InChI is InChI=1S/C16H11F5N2O4/c17-13-4-2-1-3-12(13)14(24)22-9-5-10(23(25)26)7-11(6-9)27-8-16(20,21)15(18)19/h1-7,15H,8H2,(H,22,24). The van der Waals surface area contributed by atoms with Crippen molar-refractivity contribution < 1.29 is 36.4 Å². The van der Waals surface area contributed by atoms with Gasteiger partial charge in [-0.15, -0.1) is 0 Å². The van der Waals surface area contributed by atoms with Crippen LogP contribution in [0.15, 0.2) is 42.5 Å². The summed E-state index contributed by atoms with van der Waals surface area (Å²) < 4.78 is 68.4. The summed E-state index contributed by atoms with van der Waals surface area (Å²) in [5.74, 6) is -6.83. The fourth-order valence-corrected chi connectivity index (χ4v) is 1.93. The third kappa shape index (κ3) is 5.12. The second-order valence-corrected chi connectivity index (χ2v) is 5.26. The van der Waals surface area contributed by atoms with Crippen LogP contribution in [0.3, 0.4) is 0 Å². The third-order valence-electron chi connectivity index (χ3n) is 3.23. The topological polar surface area (TPSA) is 81.5 Å². The zero-order valence-electron chi connectivity index (χ0n) is 13.3. The molecule has 0 aliphatic rings. The molecule has 0 fully saturated rings. The summed E-state index contributed by atoms with van der Waals surface area (Å²) in [6.07, 6.45) is -3.99. The van der Waals surface area contributed by atoms with Gasteiger partial charge in [-0.1, -0.05) is 12.1 Å². The molecule has 1 amide bonds. The van der Waals surface area contributed by atoms with E-state index in [1.165, 1.54) is 12.1 Å². The summed E-state index contributed by atoms with van der Waals surface area (Å²) in [5, 5.41) is 13.1. The Morgan fingerprint density at radius 2 is 1.89 bits per heavy atom. The minimum atomic E-state index is -4.47. The van der Waals surface area contributed by atoms with E-state index in [2.05, 4.69) is 10.1 Å². The van der Waals surface area contributed by atoms with Crippen LogP contribution >= 0.6 is 0 Å². The van der Waals surface area contributed by atoms with E-state index in [9.17, 15) is 36.9 Å². The molecule has 0 unspecified atom stereocenters. The van der Waals surface area contributed by atoms with E-state index >= 15 is 0 Å². The Hall–Kier alpha value is -3.24. The Balaban J connectivity index is 2.26. The van der Waals surface area contributed by atoms with E-state index in [1.54, 1.807) is 0 Å². The van der Waals surface area contributed by atoms with Crippen LogP contribution in [-0.2, 0) is 0 Å². The summed E-state index contributed by atoms with van der Waals surface area (Å²) >= 11 is 0. The third-order valence-corrected chi connectivity index (χ3v) is 3.23. The highest BCUT2D eigenvalue weighted by Crippen LogP contribution is 2.29. The minimum Gasteiger partial charge on any atom is -0.487 e. The molecule has 0 atom stereocenters. The number of rotatable bonds is 7. The molecule has 1 N–H and O–H groups in total. The number of alkyl halides is 4. The number of halogens is 5. The largest absolute Gasteiger partial charge is 0.487 e. The second-order valence-electron chi connectivity index (χ2n) is 5.26. The van der Waals surface area contributed by atoms with Gasteiger partial charge in [-0.05, 0) is 12.1 Å². The minimum absolute atomic E-state index is 0.271. The molecule has 2 aromatic carbocycles. The van der Waals surface area contributed by atoms with Crippen LogP contribution in [-0.4, -0.2) is 29.8 Å². The van der Waals surface area contributed by atoms with E-state index in [0.717, 1.165) is 30.3 Å². The summed E-state index contributed by atoms with van der Waals surface area (Å²) in [5.41, 5.74) is -1.29. The van der Waals surface area contributed by atoms with Gasteiger partial charge in [0.05, 0.1) is 22.2 Å². The van der Waals surface area contributed by atoms with Crippen molar-refractivity contribution in [2.75, 3.05) is 11.9 Å². The van der Waals surface area contributed by atoms with Crippen molar-refractivity contribution in [2.45, 2.75) is 12.3 Å². The van der Waals surface area contributed by atoms with Crippen molar-refractivity contribution >= 4 is 17.3 Å². The van der Waals surface area contributed by atoms with E-state index in [-0.39, 0.29) is 11.3 Å². The zero-order valence-corrected chi connectivity index (χ0v) is 13.3. The lowest BCUT2D eigenvalue weighted by Crippen LogP contribution is -2.33. The van der Waals surface area contributed by atoms with Gasteiger partial charge < -0.3 is 10.1 Å². The van der Waals surface area contributed by atoms with Gasteiger partial charge in [-0.25, -0.2) is 13.2 Å². The molecule has 0 aliphatic heterocycles. The lowest BCUT2D eigenvalue weighted by atomic mass is 10.2. The number of non-ortho nitro benzene ring substituents is 1. The summed E-state index contributed by atoms with van der Waals surface area (Å²) in [7, 11) is 0. The van der Waals surface area contributed by atoms with Gasteiger partial charge in [-0.2, -0.15) is 8.78 Å². The van der Waals surface area contributed by atoms with Crippen LogP contribution in [0.25, 0.3) is 0 Å². The molecule has 2 rings (SSSR count). The summed E-state index contributed by atoms with van der Waals surface area (Å²) in [4.78, 5) is 22.1. The quantitative estimate of drug-likeness (QED) is 0.435. The van der Waals surface area contributed by atoms with E-state index in [1.807, 2.05) is 0 Å². The number of nitrogens with one attached hydrogen (secondary N) is 1. The molecule has 0 bridgehead atoms. The molecule has 0 aliphatic carbocycles. The Morgan fingerprint density at radius 1 is 1.22 bits per heavy atom. The normalized spacial score (nSPS) is 11.3. The molecule has 27 heavy (non-hydrogen) atoms. The average molecular weight is 390 g/mol. The molecule has 11 heteroatoms. The SMILES string of the molecule is O=C(Nc1cc(OCC(F)(F)C(F)F)cc([N+](=O)[O-])c1)c1ccccc1F. The van der Waals surface area contributed by atoms with Gasteiger partial charge in [0, 0.05) is 12.1 Å². The molecule has 6 nitrogen and oxygen atoms in total. The molecule has 0 heterocycles. The van der Waals surface area contributed by atoms with Gasteiger partial charge in [-0.3, -0.25) is 14.9 Å². The van der Waals surface area contributed by atoms with Crippen LogP contribution in [0.1, 0.15) is 10.4 Å². The zero-order chi connectivity index (χ0) is 20.2. The lowest BCUT2D eigenvalue weighted by molar-refractivity contribution is -0.384. The number of carbonyl (C=O) groups excluding carboxylic acids is 1. The van der Waals surface area contributed by atoms with E-state index in [0.29, 0.717) is 0 Å². The fourth-order valence-electron chi connectivity index (χ4n) is 1.93. The maximum absolute atomic E-state index is 13.6. The van der Waals surface area contributed by atoms with Crippen LogP contribution in [0.2, 0.25) is 0 Å². The van der Waals surface area contributed by atoms with Crippen LogP contribution in [0.5, 0.6) is 5.75 Å². The van der Waals surface area contributed by atoms with Gasteiger partial charge in [0.1, 0.15) is 11.6 Å². The average Bonchev–Trinajstić information content (AvgIpc) is 2.60. The van der Waals surface area contributed by atoms with Crippen molar-refractivity contribution in [2.24, 2.45) is 0 Å². The maximum Gasteiger partial charge on any atom is 0.340 e. The monoisotopic (exact) mass is 390 g/mol. The first kappa shape index (κ1) is 20.1. The van der Waals surface area contributed by atoms with Crippen molar-refractivity contribution in [1.29, 1.82) is 0 Å². The van der Waals surface area contributed by atoms with Crippen LogP contribution in [0, 0.1) is 15.9 Å². The number of nitro groups is 1. The number of amides is 1. The highest BCUT2D eigenvalue weighted by Gasteiger charge is 2.41. The molecule has 0 saturated heterocycles. The first-order chi connectivity index (χ1) is 12.6. The van der Waals surface area contributed by atoms with Gasteiger partial charge >= 0.3 is 12.3 Å². The first-order valence-electron chi connectivity index (χ1n) is 7.24. The van der Waals surface area contributed by atoms with Crippen molar-refractivity contribution in [3.8, 4) is 5.75 Å². The van der Waals surface area contributed by atoms with Gasteiger partial charge in [0.2, 0.25) is 0 Å². The first-order valence-corrected chi connectivity index (χ1v) is 7.24. The Labute approximate surface area is 148 Å². The molecule has 144 valence electrons. The highest BCUT2D eigenvalue weighted by molar-refractivity contribution is 6.04. The second kappa shape index (κ2) is 7.98. The van der Waals surface area contributed by atoms with Crippen molar-refractivity contribution in [3.05, 3.63) is 64.0 Å². The number of benzene rings is 2. The number of carbonyl (C=O) groups is 1. The number of nitro benzene ring substituents is 1. The lowest BCUT2D eigenvalue weighted by Gasteiger charge is -2.16. The van der Waals surface area contributed by atoms with E-state index < -0.39 is 47.0 Å². The van der Waals surface area contributed by atoms with Crippen LogP contribution < -0.4 is 10.1 Å². The number of hydrogen-bond donors (Lipinski definition) is 1. The van der Waals surface area contributed by atoms with E-state index in [4.69, 9.17) is 0 Å². The molecular weight excluding hydrogens is 379 g/mol.